The molecule has 1 rings (SSSR count). The SMILES string of the molecule is CCC(O)CCNC(=O)CCOc1cc(C)ccc1C. The smallest absolute Gasteiger partial charge is 0.223 e. The van der Waals surface area contributed by atoms with E-state index in [2.05, 4.69) is 5.32 Å². The van der Waals surface area contributed by atoms with Gasteiger partial charge in [0, 0.05) is 6.54 Å². The van der Waals surface area contributed by atoms with E-state index in [1.54, 1.807) is 0 Å². The average molecular weight is 279 g/mol. The molecule has 4 heteroatoms. The topological polar surface area (TPSA) is 58.6 Å². The van der Waals surface area contributed by atoms with E-state index in [1.807, 2.05) is 39.0 Å². The molecule has 0 heterocycles. The lowest BCUT2D eigenvalue weighted by Gasteiger charge is -2.11. The highest BCUT2D eigenvalue weighted by atomic mass is 16.5. The van der Waals surface area contributed by atoms with Crippen molar-refractivity contribution in [3.8, 4) is 5.75 Å². The second kappa shape index (κ2) is 8.59. The molecular weight excluding hydrogens is 254 g/mol. The van der Waals surface area contributed by atoms with Crippen LogP contribution in [-0.2, 0) is 4.79 Å². The van der Waals surface area contributed by atoms with Crippen molar-refractivity contribution >= 4 is 5.91 Å². The maximum absolute atomic E-state index is 11.6. The van der Waals surface area contributed by atoms with E-state index in [0.717, 1.165) is 16.9 Å². The lowest BCUT2D eigenvalue weighted by atomic mass is 10.1. The Hall–Kier alpha value is -1.55. The third-order valence-electron chi connectivity index (χ3n) is 3.20. The highest BCUT2D eigenvalue weighted by Gasteiger charge is 2.05. The Kier molecular flexibility index (Phi) is 7.09. The maximum Gasteiger partial charge on any atom is 0.223 e. The number of hydrogen-bond acceptors (Lipinski definition) is 3. The summed E-state index contributed by atoms with van der Waals surface area (Å²) in [6.07, 6.45) is 1.31. The first-order valence-corrected chi connectivity index (χ1v) is 7.17. The molecule has 112 valence electrons. The fourth-order valence-electron chi connectivity index (χ4n) is 1.79. The Bertz CT molecular complexity index is 432. The van der Waals surface area contributed by atoms with Crippen LogP contribution < -0.4 is 10.1 Å². The van der Waals surface area contributed by atoms with Crippen molar-refractivity contribution in [1.82, 2.24) is 5.32 Å². The summed E-state index contributed by atoms with van der Waals surface area (Å²) in [6.45, 7) is 6.80. The standard InChI is InChI=1S/C16H25NO3/c1-4-14(18)7-9-17-16(19)8-10-20-15-11-12(2)5-6-13(15)3/h5-6,11,14,18H,4,7-10H2,1-3H3,(H,17,19). The zero-order valence-electron chi connectivity index (χ0n) is 12.6. The third-order valence-corrected chi connectivity index (χ3v) is 3.20. The molecule has 4 nitrogen and oxygen atoms in total. The van der Waals surface area contributed by atoms with Gasteiger partial charge in [-0.05, 0) is 43.9 Å². The monoisotopic (exact) mass is 279 g/mol. The third kappa shape index (κ3) is 6.06. The highest BCUT2D eigenvalue weighted by molar-refractivity contribution is 5.75. The summed E-state index contributed by atoms with van der Waals surface area (Å²) in [4.78, 5) is 11.6. The first-order valence-electron chi connectivity index (χ1n) is 7.17. The zero-order valence-corrected chi connectivity index (χ0v) is 12.6. The predicted octanol–water partition coefficient (Wildman–Crippen LogP) is 2.35. The Morgan fingerprint density at radius 2 is 2.15 bits per heavy atom. The number of aryl methyl sites for hydroxylation is 2. The molecule has 1 atom stereocenters. The molecule has 1 aromatic carbocycles. The summed E-state index contributed by atoms with van der Waals surface area (Å²) >= 11 is 0. The summed E-state index contributed by atoms with van der Waals surface area (Å²) in [5, 5.41) is 12.2. The van der Waals surface area contributed by atoms with Crippen molar-refractivity contribution in [3.05, 3.63) is 29.3 Å². The van der Waals surface area contributed by atoms with E-state index < -0.39 is 0 Å². The second-order valence-electron chi connectivity index (χ2n) is 5.07. The number of benzene rings is 1. The Labute approximate surface area is 121 Å². The number of nitrogens with one attached hydrogen (secondary N) is 1. The van der Waals surface area contributed by atoms with E-state index in [9.17, 15) is 9.90 Å². The van der Waals surface area contributed by atoms with Crippen molar-refractivity contribution in [2.45, 2.75) is 46.1 Å². The number of aliphatic hydroxyl groups excluding tert-OH is 1. The van der Waals surface area contributed by atoms with Crippen LogP contribution in [0.5, 0.6) is 5.75 Å². The largest absolute Gasteiger partial charge is 0.493 e. The van der Waals surface area contributed by atoms with Crippen LogP contribution in [0, 0.1) is 13.8 Å². The van der Waals surface area contributed by atoms with Crippen molar-refractivity contribution < 1.29 is 14.6 Å². The minimum absolute atomic E-state index is 0.0430. The van der Waals surface area contributed by atoms with E-state index in [4.69, 9.17) is 4.74 Å². The molecule has 1 aromatic rings. The van der Waals surface area contributed by atoms with Crippen molar-refractivity contribution in [2.24, 2.45) is 0 Å². The van der Waals surface area contributed by atoms with Crippen LogP contribution in [0.3, 0.4) is 0 Å². The van der Waals surface area contributed by atoms with Gasteiger partial charge in [0.25, 0.3) is 0 Å². The van der Waals surface area contributed by atoms with Gasteiger partial charge in [-0.3, -0.25) is 4.79 Å². The fraction of sp³-hybridized carbons (Fsp3) is 0.562. The van der Waals surface area contributed by atoms with Crippen LogP contribution in [0.4, 0.5) is 0 Å². The van der Waals surface area contributed by atoms with Crippen LogP contribution >= 0.6 is 0 Å². The molecule has 1 unspecified atom stereocenters. The van der Waals surface area contributed by atoms with Crippen LogP contribution in [0.25, 0.3) is 0 Å². The van der Waals surface area contributed by atoms with Crippen LogP contribution in [0.15, 0.2) is 18.2 Å². The van der Waals surface area contributed by atoms with Gasteiger partial charge in [-0.25, -0.2) is 0 Å². The molecular formula is C16H25NO3. The van der Waals surface area contributed by atoms with E-state index >= 15 is 0 Å². The Morgan fingerprint density at radius 3 is 2.85 bits per heavy atom. The Morgan fingerprint density at radius 1 is 1.40 bits per heavy atom. The maximum atomic E-state index is 11.6. The minimum Gasteiger partial charge on any atom is -0.493 e. The van der Waals surface area contributed by atoms with E-state index in [-0.39, 0.29) is 12.0 Å². The highest BCUT2D eigenvalue weighted by Crippen LogP contribution is 2.19. The number of aliphatic hydroxyl groups is 1. The average Bonchev–Trinajstić information content (AvgIpc) is 2.42. The van der Waals surface area contributed by atoms with Gasteiger partial charge in [0.05, 0.1) is 19.1 Å². The van der Waals surface area contributed by atoms with Gasteiger partial charge in [-0.1, -0.05) is 19.1 Å². The molecule has 1 amide bonds. The molecule has 0 spiro atoms. The van der Waals surface area contributed by atoms with Crippen molar-refractivity contribution in [3.63, 3.8) is 0 Å². The van der Waals surface area contributed by atoms with Crippen LogP contribution in [0.2, 0.25) is 0 Å². The zero-order chi connectivity index (χ0) is 15.0. The number of ether oxygens (including phenoxy) is 1. The first-order chi connectivity index (χ1) is 9.52. The first kappa shape index (κ1) is 16.5. The van der Waals surface area contributed by atoms with Crippen LogP contribution in [0.1, 0.15) is 37.3 Å². The van der Waals surface area contributed by atoms with Crippen molar-refractivity contribution in [1.29, 1.82) is 0 Å². The molecule has 0 aliphatic rings. The summed E-state index contributed by atoms with van der Waals surface area (Å²) in [7, 11) is 0. The fourth-order valence-corrected chi connectivity index (χ4v) is 1.79. The molecule has 0 aliphatic heterocycles. The van der Waals surface area contributed by atoms with Crippen LogP contribution in [-0.4, -0.2) is 30.3 Å². The van der Waals surface area contributed by atoms with E-state index in [0.29, 0.717) is 32.4 Å². The van der Waals surface area contributed by atoms with E-state index in [1.165, 1.54) is 0 Å². The quantitative estimate of drug-likeness (QED) is 0.768. The second-order valence-corrected chi connectivity index (χ2v) is 5.07. The molecule has 0 saturated heterocycles. The van der Waals surface area contributed by atoms with Crippen molar-refractivity contribution in [2.75, 3.05) is 13.2 Å². The van der Waals surface area contributed by atoms with Gasteiger partial charge in [0.15, 0.2) is 0 Å². The number of amides is 1. The molecule has 0 radical (unpaired) electrons. The summed E-state index contributed by atoms with van der Waals surface area (Å²) in [5.74, 6) is 0.790. The number of carbonyl (C=O) groups excluding carboxylic acids is 1. The molecule has 20 heavy (non-hydrogen) atoms. The number of carbonyl (C=O) groups is 1. The van der Waals surface area contributed by atoms with Gasteiger partial charge in [-0.15, -0.1) is 0 Å². The van der Waals surface area contributed by atoms with Gasteiger partial charge in [0.2, 0.25) is 5.91 Å². The minimum atomic E-state index is -0.332. The lowest BCUT2D eigenvalue weighted by molar-refractivity contribution is -0.121. The predicted molar refractivity (Wildman–Crippen MR) is 80.0 cm³/mol. The normalized spacial score (nSPS) is 12.0. The molecule has 0 bridgehead atoms. The molecule has 0 aromatic heterocycles. The number of rotatable bonds is 8. The molecule has 2 N–H and O–H groups in total. The molecule has 0 fully saturated rings. The summed E-state index contributed by atoms with van der Waals surface area (Å²) in [6, 6.07) is 6.02. The lowest BCUT2D eigenvalue weighted by Crippen LogP contribution is -2.28. The van der Waals surface area contributed by atoms with Gasteiger partial charge in [-0.2, -0.15) is 0 Å². The van der Waals surface area contributed by atoms with Gasteiger partial charge in [0.1, 0.15) is 5.75 Å². The summed E-state index contributed by atoms with van der Waals surface area (Å²) in [5.41, 5.74) is 2.21. The molecule has 0 saturated carbocycles. The summed E-state index contributed by atoms with van der Waals surface area (Å²) < 4.78 is 5.63. The number of hydrogen-bond donors (Lipinski definition) is 2. The van der Waals surface area contributed by atoms with Gasteiger partial charge < -0.3 is 15.2 Å². The van der Waals surface area contributed by atoms with Gasteiger partial charge >= 0.3 is 0 Å². The molecule has 0 aliphatic carbocycles. The Balaban J connectivity index is 2.23.